The zero-order valence-electron chi connectivity index (χ0n) is 20.9. The molecule has 0 aliphatic carbocycles. The highest BCUT2D eigenvalue weighted by molar-refractivity contribution is 6.15. The molecular formula is C29H24O9. The molecule has 0 radical (unpaired) electrons. The second-order valence-electron chi connectivity index (χ2n) is 8.54. The summed E-state index contributed by atoms with van der Waals surface area (Å²) < 4.78 is 32.7. The van der Waals surface area contributed by atoms with Gasteiger partial charge in [-0.2, -0.15) is 0 Å². The average Bonchev–Trinajstić information content (AvgIpc) is 3.26. The van der Waals surface area contributed by atoms with Gasteiger partial charge in [-0.3, -0.25) is 9.59 Å². The summed E-state index contributed by atoms with van der Waals surface area (Å²) in [6.45, 7) is -0.296. The molecule has 0 bridgehead atoms. The van der Waals surface area contributed by atoms with Gasteiger partial charge < -0.3 is 28.4 Å². The van der Waals surface area contributed by atoms with Gasteiger partial charge in [0, 0.05) is 28.7 Å². The zero-order valence-corrected chi connectivity index (χ0v) is 20.9. The normalized spacial score (nSPS) is 16.7. The minimum atomic E-state index is -0.544. The first-order valence-electron chi connectivity index (χ1n) is 11.8. The molecule has 1 atom stereocenters. The van der Waals surface area contributed by atoms with Crippen molar-refractivity contribution < 1.29 is 42.8 Å². The topological polar surface area (TPSA) is 107 Å². The summed E-state index contributed by atoms with van der Waals surface area (Å²) in [6, 6.07) is 15.5. The third kappa shape index (κ3) is 4.54. The summed E-state index contributed by atoms with van der Waals surface area (Å²) in [5.74, 6) is 0.397. The minimum Gasteiger partial charge on any atom is -0.497 e. The van der Waals surface area contributed by atoms with E-state index in [1.54, 1.807) is 67.8 Å². The third-order valence-electron chi connectivity index (χ3n) is 6.37. The molecule has 0 N–H and O–H groups in total. The number of fused-ring (bicyclic) bond motifs is 3. The number of carbonyl (C=O) groups is 3. The Morgan fingerprint density at radius 2 is 1.79 bits per heavy atom. The number of Topliss-reactive ketones (excluding diaryl/α,β-unsaturated/α-hetero) is 1. The highest BCUT2D eigenvalue weighted by Crippen LogP contribution is 2.50. The van der Waals surface area contributed by atoms with E-state index in [1.807, 2.05) is 0 Å². The molecule has 5 rings (SSSR count). The molecule has 0 saturated heterocycles. The van der Waals surface area contributed by atoms with Crippen LogP contribution in [0.25, 0.3) is 6.08 Å². The number of methoxy groups -OCH3 is 3. The van der Waals surface area contributed by atoms with Crippen LogP contribution in [0.1, 0.15) is 39.4 Å². The van der Waals surface area contributed by atoms with E-state index in [9.17, 15) is 14.4 Å². The minimum absolute atomic E-state index is 0.00898. The van der Waals surface area contributed by atoms with Crippen LogP contribution < -0.4 is 23.7 Å². The Balaban J connectivity index is 1.57. The molecule has 2 aliphatic rings. The van der Waals surface area contributed by atoms with Crippen molar-refractivity contribution in [3.63, 3.8) is 0 Å². The Morgan fingerprint density at radius 1 is 0.974 bits per heavy atom. The summed E-state index contributed by atoms with van der Waals surface area (Å²) in [5, 5.41) is 0. The average molecular weight is 517 g/mol. The van der Waals surface area contributed by atoms with E-state index in [0.29, 0.717) is 51.0 Å². The van der Waals surface area contributed by atoms with E-state index in [1.165, 1.54) is 14.2 Å². The first-order chi connectivity index (χ1) is 18.4. The van der Waals surface area contributed by atoms with Crippen molar-refractivity contribution in [2.75, 3.05) is 27.9 Å². The molecule has 0 aromatic heterocycles. The number of esters is 2. The molecule has 1 unspecified atom stereocenters. The molecule has 3 aromatic rings. The van der Waals surface area contributed by atoms with Crippen LogP contribution in [0.15, 0.2) is 60.4 Å². The molecule has 0 spiro atoms. The number of carbonyl (C=O) groups excluding carboxylic acids is 3. The van der Waals surface area contributed by atoms with Gasteiger partial charge in [-0.15, -0.1) is 0 Å². The maximum Gasteiger partial charge on any atom is 0.343 e. The van der Waals surface area contributed by atoms with Gasteiger partial charge in [-0.1, -0.05) is 18.2 Å². The molecule has 2 heterocycles. The predicted molar refractivity (Wildman–Crippen MR) is 135 cm³/mol. The van der Waals surface area contributed by atoms with E-state index >= 15 is 0 Å². The quantitative estimate of drug-likeness (QED) is 0.258. The van der Waals surface area contributed by atoms with E-state index < -0.39 is 17.9 Å². The van der Waals surface area contributed by atoms with Crippen LogP contribution in [0.5, 0.6) is 28.7 Å². The third-order valence-corrected chi connectivity index (χ3v) is 6.37. The fourth-order valence-corrected chi connectivity index (χ4v) is 4.55. The van der Waals surface area contributed by atoms with Crippen LogP contribution >= 0.6 is 0 Å². The highest BCUT2D eigenvalue weighted by atomic mass is 16.6. The fourth-order valence-electron chi connectivity index (χ4n) is 4.55. The molecule has 9 nitrogen and oxygen atoms in total. The van der Waals surface area contributed by atoms with Crippen LogP contribution in [0.3, 0.4) is 0 Å². The molecular weight excluding hydrogens is 492 g/mol. The van der Waals surface area contributed by atoms with Gasteiger partial charge in [-0.05, 0) is 36.4 Å². The number of hydrogen-bond acceptors (Lipinski definition) is 9. The van der Waals surface area contributed by atoms with Gasteiger partial charge in [-0.25, -0.2) is 4.79 Å². The number of hydrogen-bond donors (Lipinski definition) is 0. The maximum absolute atomic E-state index is 13.4. The van der Waals surface area contributed by atoms with Crippen LogP contribution in [0.2, 0.25) is 0 Å². The smallest absolute Gasteiger partial charge is 0.343 e. The number of rotatable bonds is 7. The highest BCUT2D eigenvalue weighted by Gasteiger charge is 2.39. The SMILES string of the molecule is COC(=O)COc1ccccc1C1CC(=O)Oc2ccc3c(c21)OC(=Cc1ccc(OC)cc1OC)C3=O. The van der Waals surface area contributed by atoms with Crippen LogP contribution in [0.4, 0.5) is 0 Å². The monoisotopic (exact) mass is 516 g/mol. The Bertz CT molecular complexity index is 1470. The van der Waals surface area contributed by atoms with E-state index in [2.05, 4.69) is 4.74 Å². The molecule has 38 heavy (non-hydrogen) atoms. The second-order valence-corrected chi connectivity index (χ2v) is 8.54. The Labute approximate surface area is 218 Å². The number of para-hydroxylation sites is 1. The Morgan fingerprint density at radius 3 is 2.55 bits per heavy atom. The molecule has 0 saturated carbocycles. The fraction of sp³-hybridized carbons (Fsp3) is 0.207. The van der Waals surface area contributed by atoms with Gasteiger partial charge in [0.05, 0.1) is 33.3 Å². The van der Waals surface area contributed by atoms with Crippen molar-refractivity contribution in [2.24, 2.45) is 0 Å². The Kier molecular flexibility index (Phi) is 6.74. The number of allylic oxidation sites excluding steroid dienone is 1. The van der Waals surface area contributed by atoms with Crippen molar-refractivity contribution in [2.45, 2.75) is 12.3 Å². The Hall–Kier alpha value is -4.79. The van der Waals surface area contributed by atoms with Crippen molar-refractivity contribution in [1.29, 1.82) is 0 Å². The van der Waals surface area contributed by atoms with Gasteiger partial charge in [0.1, 0.15) is 28.7 Å². The number of ketones is 1. The molecule has 194 valence electrons. The molecule has 9 heteroatoms. The lowest BCUT2D eigenvalue weighted by atomic mass is 9.84. The molecule has 0 fully saturated rings. The lowest BCUT2D eigenvalue weighted by Gasteiger charge is -2.27. The van der Waals surface area contributed by atoms with E-state index in [4.69, 9.17) is 23.7 Å². The lowest BCUT2D eigenvalue weighted by molar-refractivity contribution is -0.143. The summed E-state index contributed by atoms with van der Waals surface area (Å²) >= 11 is 0. The van der Waals surface area contributed by atoms with Crippen LogP contribution in [0, 0.1) is 0 Å². The summed E-state index contributed by atoms with van der Waals surface area (Å²) in [5.41, 5.74) is 2.17. The largest absolute Gasteiger partial charge is 0.497 e. The lowest BCUT2D eigenvalue weighted by Crippen LogP contribution is -2.22. The van der Waals surface area contributed by atoms with Crippen molar-refractivity contribution in [3.8, 4) is 28.7 Å². The first-order valence-corrected chi connectivity index (χ1v) is 11.8. The first kappa shape index (κ1) is 24.9. The standard InChI is InChI=1S/C29H24O9/c1-33-17-9-8-16(23(13-17)34-2)12-24-28(32)19-10-11-22-27(29(19)38-24)20(14-25(30)37-22)18-6-4-5-7-21(18)36-15-26(31)35-3/h4-13,20H,14-15H2,1-3H3. The molecule has 0 amide bonds. The van der Waals surface area contributed by atoms with Crippen molar-refractivity contribution in [1.82, 2.24) is 0 Å². The van der Waals surface area contributed by atoms with Crippen molar-refractivity contribution in [3.05, 3.63) is 82.6 Å². The molecule has 2 aliphatic heterocycles. The second kappa shape index (κ2) is 10.3. The van der Waals surface area contributed by atoms with Crippen LogP contribution in [-0.4, -0.2) is 45.7 Å². The molecule has 3 aromatic carbocycles. The van der Waals surface area contributed by atoms with Crippen molar-refractivity contribution >= 4 is 23.8 Å². The van der Waals surface area contributed by atoms with E-state index in [0.717, 1.165) is 0 Å². The number of benzene rings is 3. The van der Waals surface area contributed by atoms with E-state index in [-0.39, 0.29) is 24.6 Å². The summed E-state index contributed by atoms with van der Waals surface area (Å²) in [6.07, 6.45) is 1.59. The van der Waals surface area contributed by atoms with Gasteiger partial charge in [0.25, 0.3) is 0 Å². The summed E-state index contributed by atoms with van der Waals surface area (Å²) in [4.78, 5) is 37.6. The predicted octanol–water partition coefficient (Wildman–Crippen LogP) is 4.31. The maximum atomic E-state index is 13.4. The van der Waals surface area contributed by atoms with Gasteiger partial charge in [0.2, 0.25) is 5.78 Å². The number of ether oxygens (including phenoxy) is 6. The summed E-state index contributed by atoms with van der Waals surface area (Å²) in [7, 11) is 4.35. The van der Waals surface area contributed by atoms with Crippen LogP contribution in [-0.2, 0) is 14.3 Å². The zero-order chi connectivity index (χ0) is 26.8. The van der Waals surface area contributed by atoms with Gasteiger partial charge >= 0.3 is 11.9 Å². The van der Waals surface area contributed by atoms with Gasteiger partial charge in [0.15, 0.2) is 12.4 Å².